The number of carbonyl (C=O) groups is 1. The molecular weight excluding hydrogens is 398 g/mol. The lowest BCUT2D eigenvalue weighted by Crippen LogP contribution is -2.49. The van der Waals surface area contributed by atoms with Gasteiger partial charge in [-0.25, -0.2) is 4.98 Å². The number of carbonyl (C=O) groups excluding carboxylic acids is 1. The summed E-state index contributed by atoms with van der Waals surface area (Å²) in [5.41, 5.74) is 1.50. The van der Waals surface area contributed by atoms with E-state index < -0.39 is 0 Å². The van der Waals surface area contributed by atoms with Crippen molar-refractivity contribution in [3.05, 3.63) is 35.5 Å². The fourth-order valence-corrected chi connectivity index (χ4v) is 3.86. The maximum atomic E-state index is 13.0. The van der Waals surface area contributed by atoms with Crippen LogP contribution in [0.25, 0.3) is 0 Å². The highest BCUT2D eigenvalue weighted by molar-refractivity contribution is 5.95. The van der Waals surface area contributed by atoms with Crippen LogP contribution in [0.3, 0.4) is 0 Å². The van der Waals surface area contributed by atoms with Crippen LogP contribution in [0.1, 0.15) is 16.1 Å². The molecule has 3 heterocycles. The number of aryl methyl sites for hydroxylation is 1. The summed E-state index contributed by atoms with van der Waals surface area (Å²) >= 11 is 0. The Bertz CT molecular complexity index is 902. The van der Waals surface area contributed by atoms with Crippen LogP contribution in [0.2, 0.25) is 0 Å². The first-order valence-corrected chi connectivity index (χ1v) is 10.5. The lowest BCUT2D eigenvalue weighted by Gasteiger charge is -2.35. The van der Waals surface area contributed by atoms with Crippen molar-refractivity contribution in [3.63, 3.8) is 0 Å². The fraction of sp³-hybridized carbons (Fsp3) is 0.500. The molecule has 166 valence electrons. The normalized spacial score (nSPS) is 16.9. The molecule has 2 aliphatic heterocycles. The minimum absolute atomic E-state index is 0.0315. The van der Waals surface area contributed by atoms with Gasteiger partial charge in [0.1, 0.15) is 17.3 Å². The molecule has 9 heteroatoms. The van der Waals surface area contributed by atoms with Gasteiger partial charge in [-0.2, -0.15) is 4.98 Å². The molecule has 0 atom stereocenters. The predicted molar refractivity (Wildman–Crippen MR) is 117 cm³/mol. The van der Waals surface area contributed by atoms with Gasteiger partial charge in [-0.3, -0.25) is 4.79 Å². The van der Waals surface area contributed by atoms with Crippen molar-refractivity contribution in [2.24, 2.45) is 0 Å². The zero-order chi connectivity index (χ0) is 21.8. The number of hydrogen-bond donors (Lipinski definition) is 0. The summed E-state index contributed by atoms with van der Waals surface area (Å²) in [6, 6.07) is 7.27. The molecule has 0 saturated carbocycles. The first kappa shape index (κ1) is 21.2. The highest BCUT2D eigenvalue weighted by Crippen LogP contribution is 2.24. The number of hydrogen-bond acceptors (Lipinski definition) is 8. The van der Waals surface area contributed by atoms with E-state index in [1.807, 2.05) is 17.9 Å². The van der Waals surface area contributed by atoms with Crippen LogP contribution in [-0.4, -0.2) is 87.5 Å². The first-order valence-electron chi connectivity index (χ1n) is 10.5. The molecule has 1 aromatic carbocycles. The molecule has 2 fully saturated rings. The smallest absolute Gasteiger partial charge is 0.254 e. The highest BCUT2D eigenvalue weighted by atomic mass is 16.5. The van der Waals surface area contributed by atoms with E-state index in [4.69, 9.17) is 19.2 Å². The summed E-state index contributed by atoms with van der Waals surface area (Å²) in [5, 5.41) is 0. The lowest BCUT2D eigenvalue weighted by atomic mass is 10.1. The molecule has 1 aromatic heterocycles. The fourth-order valence-electron chi connectivity index (χ4n) is 3.86. The van der Waals surface area contributed by atoms with Gasteiger partial charge < -0.3 is 28.9 Å². The minimum Gasteiger partial charge on any atom is -0.497 e. The Balaban J connectivity index is 1.44. The van der Waals surface area contributed by atoms with Crippen LogP contribution in [0.15, 0.2) is 24.3 Å². The molecule has 4 rings (SSSR count). The van der Waals surface area contributed by atoms with Crippen molar-refractivity contribution in [1.82, 2.24) is 14.9 Å². The molecule has 0 bridgehead atoms. The monoisotopic (exact) mass is 427 g/mol. The Labute approximate surface area is 182 Å². The molecule has 9 nitrogen and oxygen atoms in total. The maximum absolute atomic E-state index is 13.0. The summed E-state index contributed by atoms with van der Waals surface area (Å²) in [5.74, 6) is 2.83. The first-order chi connectivity index (χ1) is 15.1. The number of anilines is 2. The third-order valence-electron chi connectivity index (χ3n) is 5.61. The summed E-state index contributed by atoms with van der Waals surface area (Å²) in [6.45, 7) is 7.65. The number of piperazine rings is 1. The zero-order valence-electron chi connectivity index (χ0n) is 18.3. The van der Waals surface area contributed by atoms with Crippen molar-refractivity contribution in [2.45, 2.75) is 6.92 Å². The number of rotatable bonds is 5. The van der Waals surface area contributed by atoms with E-state index in [1.165, 1.54) is 0 Å². The Kier molecular flexibility index (Phi) is 6.41. The number of benzene rings is 1. The number of methoxy groups -OCH3 is 2. The molecule has 2 saturated heterocycles. The average molecular weight is 428 g/mol. The summed E-state index contributed by atoms with van der Waals surface area (Å²) in [7, 11) is 3.16. The van der Waals surface area contributed by atoms with Gasteiger partial charge in [-0.05, 0) is 19.1 Å². The third-order valence-corrected chi connectivity index (χ3v) is 5.61. The second-order valence-corrected chi connectivity index (χ2v) is 7.65. The molecule has 31 heavy (non-hydrogen) atoms. The average Bonchev–Trinajstić information content (AvgIpc) is 2.83. The molecule has 1 amide bonds. The van der Waals surface area contributed by atoms with Crippen LogP contribution in [0.4, 0.5) is 11.8 Å². The molecule has 0 aliphatic carbocycles. The van der Waals surface area contributed by atoms with Crippen LogP contribution < -0.4 is 19.3 Å². The van der Waals surface area contributed by atoms with Crippen LogP contribution >= 0.6 is 0 Å². The number of morpholine rings is 1. The molecule has 0 unspecified atom stereocenters. The molecule has 0 N–H and O–H groups in total. The van der Waals surface area contributed by atoms with E-state index in [-0.39, 0.29) is 5.91 Å². The van der Waals surface area contributed by atoms with Gasteiger partial charge in [0.25, 0.3) is 5.91 Å². The highest BCUT2D eigenvalue weighted by Gasteiger charge is 2.25. The molecular formula is C22H29N5O4. The van der Waals surface area contributed by atoms with Crippen molar-refractivity contribution in [3.8, 4) is 11.5 Å². The Hall–Kier alpha value is -3.07. The number of ether oxygens (including phenoxy) is 3. The Morgan fingerprint density at radius 2 is 1.52 bits per heavy atom. The number of nitrogens with zero attached hydrogens (tertiary/aromatic N) is 5. The number of amides is 1. The van der Waals surface area contributed by atoms with E-state index in [0.29, 0.717) is 56.5 Å². The van der Waals surface area contributed by atoms with E-state index in [0.717, 1.165) is 30.5 Å². The van der Waals surface area contributed by atoms with Gasteiger partial charge in [0.05, 0.1) is 27.4 Å². The number of aromatic nitrogens is 2. The second kappa shape index (κ2) is 9.38. The summed E-state index contributed by atoms with van der Waals surface area (Å²) < 4.78 is 16.0. The van der Waals surface area contributed by atoms with Crippen LogP contribution in [0.5, 0.6) is 11.5 Å². The van der Waals surface area contributed by atoms with Gasteiger partial charge in [0.15, 0.2) is 0 Å². The van der Waals surface area contributed by atoms with E-state index in [9.17, 15) is 4.79 Å². The van der Waals surface area contributed by atoms with E-state index in [1.54, 1.807) is 32.4 Å². The minimum atomic E-state index is -0.0315. The van der Waals surface area contributed by atoms with Crippen LogP contribution in [-0.2, 0) is 4.74 Å². The molecule has 2 aliphatic rings. The zero-order valence-corrected chi connectivity index (χ0v) is 18.3. The van der Waals surface area contributed by atoms with Gasteiger partial charge in [0, 0.05) is 62.7 Å². The maximum Gasteiger partial charge on any atom is 0.254 e. The molecule has 0 spiro atoms. The Morgan fingerprint density at radius 3 is 2.13 bits per heavy atom. The second-order valence-electron chi connectivity index (χ2n) is 7.65. The molecule has 2 aromatic rings. The van der Waals surface area contributed by atoms with Crippen molar-refractivity contribution < 1.29 is 19.0 Å². The molecule has 0 radical (unpaired) electrons. The van der Waals surface area contributed by atoms with Crippen molar-refractivity contribution in [1.29, 1.82) is 0 Å². The summed E-state index contributed by atoms with van der Waals surface area (Å²) in [4.78, 5) is 28.7. The third kappa shape index (κ3) is 4.82. The van der Waals surface area contributed by atoms with Gasteiger partial charge in [-0.1, -0.05) is 0 Å². The largest absolute Gasteiger partial charge is 0.497 e. The summed E-state index contributed by atoms with van der Waals surface area (Å²) in [6.07, 6.45) is 0. The van der Waals surface area contributed by atoms with E-state index >= 15 is 0 Å². The van der Waals surface area contributed by atoms with Crippen LogP contribution in [0, 0.1) is 6.92 Å². The van der Waals surface area contributed by atoms with E-state index in [2.05, 4.69) is 14.8 Å². The van der Waals surface area contributed by atoms with Crippen molar-refractivity contribution >= 4 is 17.7 Å². The predicted octanol–water partition coefficient (Wildman–Crippen LogP) is 1.60. The standard InChI is InChI=1S/C22H29N5O4/c1-16-12-20(25-8-10-31-11-9-25)24-22(23-16)27-6-4-26(5-7-27)21(28)17-13-18(29-2)15-19(14-17)30-3/h12-15H,4-11H2,1-3H3. The quantitative estimate of drug-likeness (QED) is 0.712. The lowest BCUT2D eigenvalue weighted by molar-refractivity contribution is 0.0745. The topological polar surface area (TPSA) is 80.3 Å². The van der Waals surface area contributed by atoms with Crippen molar-refractivity contribution in [2.75, 3.05) is 76.5 Å². The Morgan fingerprint density at radius 1 is 0.871 bits per heavy atom. The van der Waals surface area contributed by atoms with Gasteiger partial charge in [-0.15, -0.1) is 0 Å². The SMILES string of the molecule is COc1cc(OC)cc(C(=O)N2CCN(c3nc(C)cc(N4CCOCC4)n3)CC2)c1. The van der Waals surface area contributed by atoms with Gasteiger partial charge >= 0.3 is 0 Å². The van der Waals surface area contributed by atoms with Gasteiger partial charge in [0.2, 0.25) is 5.95 Å².